The molecule has 0 bridgehead atoms. The Morgan fingerprint density at radius 3 is 2.44 bits per heavy atom. The largest absolute Gasteiger partial charge is 0.349 e. The number of nitrogens with one attached hydrogen (secondary N) is 1. The summed E-state index contributed by atoms with van der Waals surface area (Å²) >= 11 is 0. The Balaban J connectivity index is 3.30. The molecule has 1 N–H and O–H groups in total. The minimum absolute atomic E-state index is 0.127. The summed E-state index contributed by atoms with van der Waals surface area (Å²) in [7, 11) is -3.95. The molecule has 0 saturated heterocycles. The van der Waals surface area contributed by atoms with Gasteiger partial charge in [0, 0.05) is 0 Å². The molecule has 0 amide bonds. The van der Waals surface area contributed by atoms with Crippen molar-refractivity contribution >= 4 is 10.3 Å². The van der Waals surface area contributed by atoms with Gasteiger partial charge >= 0.3 is 10.3 Å². The topological polar surface area (TPSA) is 67.2 Å². The van der Waals surface area contributed by atoms with Crippen molar-refractivity contribution in [3.8, 4) is 0 Å². The quantitative estimate of drug-likeness (QED) is 0.545. The number of rotatable bonds is 4. The molecular formula is C4H10NO3S. The zero-order valence-electron chi connectivity index (χ0n) is 5.25. The van der Waals surface area contributed by atoms with E-state index in [0.29, 0.717) is 6.42 Å². The first kappa shape index (κ1) is 8.87. The number of unbranched alkanes of at least 4 members (excludes halogenated alkanes) is 1. The van der Waals surface area contributed by atoms with Gasteiger partial charge in [-0.05, 0) is 6.42 Å². The van der Waals surface area contributed by atoms with E-state index in [4.69, 9.17) is 5.14 Å². The molecule has 0 aromatic carbocycles. The lowest BCUT2D eigenvalue weighted by molar-refractivity contribution is 0.310. The van der Waals surface area contributed by atoms with Crippen molar-refractivity contribution in [2.75, 3.05) is 6.61 Å². The summed E-state index contributed by atoms with van der Waals surface area (Å²) < 4.78 is 24.0. The molecule has 9 heavy (non-hydrogen) atoms. The summed E-state index contributed by atoms with van der Waals surface area (Å²) in [5.41, 5.74) is 0. The van der Waals surface area contributed by atoms with E-state index in [0.717, 1.165) is 6.42 Å². The van der Waals surface area contributed by atoms with Gasteiger partial charge < -0.3 is 0 Å². The third-order valence-corrected chi connectivity index (χ3v) is 1.21. The van der Waals surface area contributed by atoms with Crippen molar-refractivity contribution in [1.82, 2.24) is 5.14 Å². The van der Waals surface area contributed by atoms with Gasteiger partial charge in [-0.1, -0.05) is 13.3 Å². The van der Waals surface area contributed by atoms with Gasteiger partial charge in [0.2, 0.25) is 0 Å². The van der Waals surface area contributed by atoms with Crippen molar-refractivity contribution in [3.63, 3.8) is 0 Å². The van der Waals surface area contributed by atoms with Crippen LogP contribution >= 0.6 is 0 Å². The highest BCUT2D eigenvalue weighted by Crippen LogP contribution is 1.90. The zero-order valence-corrected chi connectivity index (χ0v) is 6.07. The fourth-order valence-corrected chi connectivity index (χ4v) is 0.650. The van der Waals surface area contributed by atoms with Crippen molar-refractivity contribution in [3.05, 3.63) is 0 Å². The van der Waals surface area contributed by atoms with Gasteiger partial charge in [0.25, 0.3) is 0 Å². The van der Waals surface area contributed by atoms with Crippen LogP contribution in [0.3, 0.4) is 0 Å². The Labute approximate surface area is 55.3 Å². The van der Waals surface area contributed by atoms with E-state index in [1.165, 1.54) is 0 Å². The van der Waals surface area contributed by atoms with Crippen molar-refractivity contribution < 1.29 is 12.6 Å². The molecule has 0 aromatic heterocycles. The summed E-state index contributed by atoms with van der Waals surface area (Å²) in [6.07, 6.45) is 1.55. The smallest absolute Gasteiger partial charge is 0.257 e. The lowest BCUT2D eigenvalue weighted by atomic mass is 10.4. The maximum Gasteiger partial charge on any atom is 0.349 e. The van der Waals surface area contributed by atoms with E-state index < -0.39 is 10.3 Å². The lowest BCUT2D eigenvalue weighted by Crippen LogP contribution is -2.06. The second-order valence-electron chi connectivity index (χ2n) is 1.63. The highest BCUT2D eigenvalue weighted by atomic mass is 32.2. The normalized spacial score (nSPS) is 11.8. The Hall–Kier alpha value is -0.130. The molecule has 0 rings (SSSR count). The number of hydrogen-bond acceptors (Lipinski definition) is 3. The van der Waals surface area contributed by atoms with Crippen LogP contribution in [0.25, 0.3) is 0 Å². The van der Waals surface area contributed by atoms with Gasteiger partial charge in [0.05, 0.1) is 6.61 Å². The maximum atomic E-state index is 9.95. The van der Waals surface area contributed by atoms with Gasteiger partial charge in [-0.25, -0.2) is 0 Å². The molecule has 0 heterocycles. The highest BCUT2D eigenvalue weighted by molar-refractivity contribution is 7.84. The van der Waals surface area contributed by atoms with Crippen LogP contribution in [0.1, 0.15) is 19.8 Å². The first-order valence-electron chi connectivity index (χ1n) is 2.70. The van der Waals surface area contributed by atoms with E-state index in [1.54, 1.807) is 0 Å². The second-order valence-corrected chi connectivity index (χ2v) is 2.77. The third kappa shape index (κ3) is 7.87. The van der Waals surface area contributed by atoms with Crippen LogP contribution in [-0.2, 0) is 14.5 Å². The predicted molar refractivity (Wildman–Crippen MR) is 32.9 cm³/mol. The van der Waals surface area contributed by atoms with Crippen molar-refractivity contribution in [1.29, 1.82) is 0 Å². The van der Waals surface area contributed by atoms with E-state index in [-0.39, 0.29) is 6.61 Å². The van der Waals surface area contributed by atoms with Crippen LogP contribution in [0.4, 0.5) is 0 Å². The van der Waals surface area contributed by atoms with Crippen LogP contribution in [-0.4, -0.2) is 15.0 Å². The van der Waals surface area contributed by atoms with Crippen molar-refractivity contribution in [2.24, 2.45) is 0 Å². The standard InChI is InChI=1S/C4H10NO3S/c1-2-3-4-8-9(5,6)7/h5H,2-4H2,1H3. The third-order valence-electron chi connectivity index (χ3n) is 0.736. The summed E-state index contributed by atoms with van der Waals surface area (Å²) in [5.74, 6) is 0. The minimum atomic E-state index is -3.95. The second kappa shape index (κ2) is 3.81. The van der Waals surface area contributed by atoms with Crippen LogP contribution in [0.15, 0.2) is 0 Å². The van der Waals surface area contributed by atoms with Gasteiger partial charge in [-0.3, -0.25) is 4.18 Å². The molecule has 0 aromatic rings. The van der Waals surface area contributed by atoms with Crippen molar-refractivity contribution in [2.45, 2.75) is 19.8 Å². The monoisotopic (exact) mass is 152 g/mol. The Morgan fingerprint density at radius 2 is 2.11 bits per heavy atom. The zero-order chi connectivity index (χ0) is 7.33. The molecule has 0 aliphatic carbocycles. The van der Waals surface area contributed by atoms with Gasteiger partial charge in [0.1, 0.15) is 0 Å². The molecule has 4 nitrogen and oxygen atoms in total. The number of hydrogen-bond donors (Lipinski definition) is 0. The van der Waals surface area contributed by atoms with Crippen LogP contribution in [0, 0.1) is 0 Å². The lowest BCUT2D eigenvalue weighted by Gasteiger charge is -1.95. The van der Waals surface area contributed by atoms with E-state index >= 15 is 0 Å². The first-order chi connectivity index (χ1) is 4.06. The van der Waals surface area contributed by atoms with Gasteiger partial charge in [0.15, 0.2) is 0 Å². The Kier molecular flexibility index (Phi) is 3.76. The Morgan fingerprint density at radius 1 is 1.56 bits per heavy atom. The van der Waals surface area contributed by atoms with Crippen LogP contribution in [0.5, 0.6) is 0 Å². The fourth-order valence-electron chi connectivity index (χ4n) is 0.313. The molecule has 0 aliphatic rings. The molecule has 0 atom stereocenters. The fraction of sp³-hybridized carbons (Fsp3) is 1.00. The maximum absolute atomic E-state index is 9.95. The molecule has 55 valence electrons. The molecule has 1 radical (unpaired) electrons. The molecule has 5 heteroatoms. The predicted octanol–water partition coefficient (Wildman–Crippen LogP) is 0.331. The van der Waals surface area contributed by atoms with E-state index in [2.05, 4.69) is 4.18 Å². The van der Waals surface area contributed by atoms with Crippen LogP contribution < -0.4 is 5.14 Å². The molecule has 0 aliphatic heterocycles. The first-order valence-corrected chi connectivity index (χ1v) is 4.11. The molecule has 0 unspecified atom stereocenters. The summed E-state index contributed by atoms with van der Waals surface area (Å²) in [4.78, 5) is 0. The average Bonchev–Trinajstić information content (AvgIpc) is 1.63. The Bertz CT molecular complexity index is 151. The summed E-state index contributed by atoms with van der Waals surface area (Å²) in [6.45, 7) is 2.04. The summed E-state index contributed by atoms with van der Waals surface area (Å²) in [5, 5.41) is 6.26. The van der Waals surface area contributed by atoms with Crippen LogP contribution in [0.2, 0.25) is 0 Å². The SMILES string of the molecule is CCCCOS([NH])(=O)=O. The molecular weight excluding hydrogens is 142 g/mol. The molecule has 0 spiro atoms. The highest BCUT2D eigenvalue weighted by Gasteiger charge is 2.00. The van der Waals surface area contributed by atoms with E-state index in [9.17, 15) is 8.42 Å². The van der Waals surface area contributed by atoms with E-state index in [1.807, 2.05) is 6.92 Å². The van der Waals surface area contributed by atoms with Gasteiger partial charge in [-0.15, -0.1) is 5.14 Å². The molecule has 0 saturated carbocycles. The van der Waals surface area contributed by atoms with Gasteiger partial charge in [-0.2, -0.15) is 8.42 Å². The molecule has 0 fully saturated rings. The summed E-state index contributed by atoms with van der Waals surface area (Å²) in [6, 6.07) is 0. The average molecular weight is 152 g/mol. The minimum Gasteiger partial charge on any atom is -0.257 e.